The van der Waals surface area contributed by atoms with Crippen LogP contribution < -0.4 is 16.0 Å². The Hall–Kier alpha value is -1.28. The highest BCUT2D eigenvalue weighted by molar-refractivity contribution is 7.80. The van der Waals surface area contributed by atoms with Crippen LogP contribution in [0.5, 0.6) is 0 Å². The highest BCUT2D eigenvalue weighted by Gasteiger charge is 2.10. The lowest BCUT2D eigenvalue weighted by Gasteiger charge is -2.14. The van der Waals surface area contributed by atoms with Gasteiger partial charge in [-0.3, -0.25) is 4.79 Å². The predicted molar refractivity (Wildman–Crippen MR) is 56.1 cm³/mol. The first-order chi connectivity index (χ1) is 6.11. The molecule has 0 unspecified atom stereocenters. The summed E-state index contributed by atoms with van der Waals surface area (Å²) in [5.74, 6) is 2.26. The first kappa shape index (κ1) is 11.7. The summed E-state index contributed by atoms with van der Waals surface area (Å²) in [6.45, 7) is 2.06. The van der Waals surface area contributed by atoms with Gasteiger partial charge in [-0.15, -0.1) is 6.42 Å². The maximum Gasteiger partial charge on any atom is 0.242 e. The van der Waals surface area contributed by atoms with Crippen molar-refractivity contribution in [3.05, 3.63) is 0 Å². The van der Waals surface area contributed by atoms with Gasteiger partial charge in [0, 0.05) is 7.05 Å². The van der Waals surface area contributed by atoms with Gasteiger partial charge in [0.05, 0.1) is 6.54 Å². The van der Waals surface area contributed by atoms with Crippen molar-refractivity contribution >= 4 is 23.2 Å². The summed E-state index contributed by atoms with van der Waals surface area (Å²) in [5.41, 5.74) is 0. The SMILES string of the molecule is C#CCNC(=S)N[C@@H](C)C(=O)NC. The zero-order chi connectivity index (χ0) is 10.3. The summed E-state index contributed by atoms with van der Waals surface area (Å²) in [6.07, 6.45) is 5.01. The fourth-order valence-corrected chi connectivity index (χ4v) is 0.910. The van der Waals surface area contributed by atoms with Crippen LogP contribution >= 0.6 is 12.2 Å². The molecule has 0 radical (unpaired) electrons. The van der Waals surface area contributed by atoms with E-state index in [0.717, 1.165) is 0 Å². The van der Waals surface area contributed by atoms with Gasteiger partial charge < -0.3 is 16.0 Å². The van der Waals surface area contributed by atoms with Gasteiger partial charge in [-0.25, -0.2) is 0 Å². The van der Waals surface area contributed by atoms with Crippen LogP contribution in [0.25, 0.3) is 0 Å². The Morgan fingerprint density at radius 3 is 2.77 bits per heavy atom. The molecule has 0 saturated carbocycles. The first-order valence-electron chi connectivity index (χ1n) is 3.81. The second kappa shape index (κ2) is 6.26. The van der Waals surface area contributed by atoms with Gasteiger partial charge in [0.1, 0.15) is 6.04 Å². The number of thiocarbonyl (C=S) groups is 1. The third kappa shape index (κ3) is 5.04. The maximum absolute atomic E-state index is 11.0. The number of likely N-dealkylation sites (N-methyl/N-ethyl adjacent to an activating group) is 1. The van der Waals surface area contributed by atoms with E-state index in [1.807, 2.05) is 0 Å². The number of hydrogen-bond acceptors (Lipinski definition) is 2. The molecule has 1 amide bonds. The molecule has 13 heavy (non-hydrogen) atoms. The third-order valence-electron chi connectivity index (χ3n) is 1.34. The molecule has 5 heteroatoms. The minimum absolute atomic E-state index is 0.121. The molecule has 0 aromatic heterocycles. The van der Waals surface area contributed by atoms with E-state index in [1.54, 1.807) is 14.0 Å². The van der Waals surface area contributed by atoms with Crippen LogP contribution in [-0.4, -0.2) is 30.7 Å². The van der Waals surface area contributed by atoms with E-state index >= 15 is 0 Å². The predicted octanol–water partition coefficient (Wildman–Crippen LogP) is -0.782. The summed E-state index contributed by atoms with van der Waals surface area (Å²) in [7, 11) is 1.57. The first-order valence-corrected chi connectivity index (χ1v) is 4.22. The summed E-state index contributed by atoms with van der Waals surface area (Å²) >= 11 is 4.87. The van der Waals surface area contributed by atoms with Crippen LogP contribution in [0.4, 0.5) is 0 Å². The van der Waals surface area contributed by atoms with E-state index in [4.69, 9.17) is 18.6 Å². The Labute approximate surface area is 83.5 Å². The van der Waals surface area contributed by atoms with Crippen molar-refractivity contribution in [3.63, 3.8) is 0 Å². The van der Waals surface area contributed by atoms with Gasteiger partial charge in [-0.1, -0.05) is 5.92 Å². The highest BCUT2D eigenvalue weighted by atomic mass is 32.1. The van der Waals surface area contributed by atoms with E-state index in [-0.39, 0.29) is 11.9 Å². The van der Waals surface area contributed by atoms with E-state index in [2.05, 4.69) is 21.9 Å². The van der Waals surface area contributed by atoms with Crippen molar-refractivity contribution < 1.29 is 4.79 Å². The molecule has 0 saturated heterocycles. The highest BCUT2D eigenvalue weighted by Crippen LogP contribution is 1.80. The van der Waals surface area contributed by atoms with Crippen molar-refractivity contribution in [1.29, 1.82) is 0 Å². The van der Waals surface area contributed by atoms with Gasteiger partial charge in [0.25, 0.3) is 0 Å². The van der Waals surface area contributed by atoms with Gasteiger partial charge >= 0.3 is 0 Å². The van der Waals surface area contributed by atoms with E-state index in [9.17, 15) is 4.79 Å². The Kier molecular flexibility index (Phi) is 5.64. The lowest BCUT2D eigenvalue weighted by atomic mass is 10.3. The van der Waals surface area contributed by atoms with Gasteiger partial charge in [0.15, 0.2) is 5.11 Å². The minimum Gasteiger partial charge on any atom is -0.357 e. The number of carbonyl (C=O) groups is 1. The summed E-state index contributed by atoms with van der Waals surface area (Å²) < 4.78 is 0. The fraction of sp³-hybridized carbons (Fsp3) is 0.500. The lowest BCUT2D eigenvalue weighted by molar-refractivity contribution is -0.121. The minimum atomic E-state index is -0.359. The Balaban J connectivity index is 3.79. The standard InChI is InChI=1S/C8H13N3OS/c1-4-5-10-8(13)11-6(2)7(12)9-3/h1,6H,5H2,2-3H3,(H,9,12)(H2,10,11,13)/t6-/m0/s1. The molecule has 0 aliphatic rings. The molecule has 0 spiro atoms. The average molecular weight is 199 g/mol. The van der Waals surface area contributed by atoms with Crippen molar-refractivity contribution in [1.82, 2.24) is 16.0 Å². The number of rotatable bonds is 3. The van der Waals surface area contributed by atoms with Crippen LogP contribution in [0.15, 0.2) is 0 Å². The number of amides is 1. The van der Waals surface area contributed by atoms with Gasteiger partial charge in [0.2, 0.25) is 5.91 Å². The Morgan fingerprint density at radius 1 is 1.69 bits per heavy atom. The summed E-state index contributed by atoms with van der Waals surface area (Å²) in [6, 6.07) is -0.359. The van der Waals surface area contributed by atoms with Crippen LogP contribution in [0, 0.1) is 12.3 Å². The molecule has 3 N–H and O–H groups in total. The third-order valence-corrected chi connectivity index (χ3v) is 1.60. The van der Waals surface area contributed by atoms with Crippen molar-refractivity contribution in [2.75, 3.05) is 13.6 Å². The molecule has 0 aromatic rings. The average Bonchev–Trinajstić information content (AvgIpc) is 2.13. The van der Waals surface area contributed by atoms with Crippen molar-refractivity contribution in [2.45, 2.75) is 13.0 Å². The number of carbonyl (C=O) groups excluding carboxylic acids is 1. The zero-order valence-electron chi connectivity index (χ0n) is 7.68. The topological polar surface area (TPSA) is 53.2 Å². The fourth-order valence-electron chi connectivity index (χ4n) is 0.661. The second-order valence-corrected chi connectivity index (χ2v) is 2.78. The molecule has 0 aliphatic carbocycles. The number of terminal acetylenes is 1. The second-order valence-electron chi connectivity index (χ2n) is 2.37. The van der Waals surface area contributed by atoms with Crippen molar-refractivity contribution in [3.8, 4) is 12.3 Å². The summed E-state index contributed by atoms with van der Waals surface area (Å²) in [4.78, 5) is 11.0. The maximum atomic E-state index is 11.0. The molecule has 0 aromatic carbocycles. The normalized spacial score (nSPS) is 10.8. The summed E-state index contributed by atoms with van der Waals surface area (Å²) in [5, 5.41) is 8.40. The van der Waals surface area contributed by atoms with Gasteiger partial charge in [-0.05, 0) is 19.1 Å². The molecule has 0 rings (SSSR count). The largest absolute Gasteiger partial charge is 0.357 e. The van der Waals surface area contributed by atoms with E-state index in [0.29, 0.717) is 11.7 Å². The molecule has 0 aliphatic heterocycles. The zero-order valence-corrected chi connectivity index (χ0v) is 8.49. The van der Waals surface area contributed by atoms with Crippen LogP contribution in [0.3, 0.4) is 0 Å². The molecule has 0 bridgehead atoms. The molecule has 4 nitrogen and oxygen atoms in total. The van der Waals surface area contributed by atoms with Crippen LogP contribution in [0.1, 0.15) is 6.92 Å². The molecule has 1 atom stereocenters. The Bertz CT molecular complexity index is 234. The van der Waals surface area contributed by atoms with Crippen molar-refractivity contribution in [2.24, 2.45) is 0 Å². The van der Waals surface area contributed by atoms with E-state index < -0.39 is 0 Å². The lowest BCUT2D eigenvalue weighted by Crippen LogP contribution is -2.47. The number of hydrogen-bond donors (Lipinski definition) is 3. The smallest absolute Gasteiger partial charge is 0.242 e. The van der Waals surface area contributed by atoms with E-state index in [1.165, 1.54) is 0 Å². The van der Waals surface area contributed by atoms with Crippen LogP contribution in [-0.2, 0) is 4.79 Å². The van der Waals surface area contributed by atoms with Crippen LogP contribution in [0.2, 0.25) is 0 Å². The molecule has 0 fully saturated rings. The quantitative estimate of drug-likeness (QED) is 0.412. The number of nitrogens with one attached hydrogen (secondary N) is 3. The van der Waals surface area contributed by atoms with Gasteiger partial charge in [-0.2, -0.15) is 0 Å². The monoisotopic (exact) mass is 199 g/mol. The Morgan fingerprint density at radius 2 is 2.31 bits per heavy atom. The molecule has 0 heterocycles. The molecular weight excluding hydrogens is 186 g/mol. The molecule has 72 valence electrons. The molecular formula is C8H13N3OS.